The Bertz CT molecular complexity index is 1350. The molecule has 0 saturated heterocycles. The zero-order valence-corrected chi connectivity index (χ0v) is 17.8. The third-order valence-electron chi connectivity index (χ3n) is 4.43. The van der Waals surface area contributed by atoms with Gasteiger partial charge in [0.1, 0.15) is 5.88 Å². The molecule has 0 radical (unpaired) electrons. The van der Waals surface area contributed by atoms with Crippen molar-refractivity contribution >= 4 is 27.7 Å². The first kappa shape index (κ1) is 21.4. The van der Waals surface area contributed by atoms with Crippen LogP contribution in [0.15, 0.2) is 55.2 Å². The molecule has 166 valence electrons. The van der Waals surface area contributed by atoms with Crippen LogP contribution in [-0.4, -0.2) is 37.7 Å². The fraction of sp³-hybridized carbons (Fsp3) is 0.158. The van der Waals surface area contributed by atoms with E-state index in [0.717, 1.165) is 22.9 Å². The zero-order chi connectivity index (χ0) is 22.7. The lowest BCUT2D eigenvalue weighted by molar-refractivity contribution is 0.586. The van der Waals surface area contributed by atoms with Crippen LogP contribution in [-0.2, 0) is 29.5 Å². The molecule has 0 aliphatic rings. The number of sulfonamides is 1. The summed E-state index contributed by atoms with van der Waals surface area (Å²) < 4.78 is 39.9. The molecule has 32 heavy (non-hydrogen) atoms. The van der Waals surface area contributed by atoms with Gasteiger partial charge >= 0.3 is 0 Å². The average Bonchev–Trinajstić information content (AvgIpc) is 3.36. The summed E-state index contributed by atoms with van der Waals surface area (Å²) in [7, 11) is -1.93. The molecule has 0 fully saturated rings. The largest absolute Gasteiger partial charge is 0.363 e. The smallest absolute Gasteiger partial charge is 0.231 e. The minimum Gasteiger partial charge on any atom is -0.363 e. The van der Waals surface area contributed by atoms with Crippen LogP contribution in [0.25, 0.3) is 11.1 Å². The number of hydrogen-bond acceptors (Lipinski definition) is 8. The molecular formula is C19H20FN9O2S. The predicted octanol–water partition coefficient (Wildman–Crippen LogP) is 1.81. The van der Waals surface area contributed by atoms with Crippen molar-refractivity contribution in [3.8, 4) is 11.1 Å². The quantitative estimate of drug-likeness (QED) is 0.363. The van der Waals surface area contributed by atoms with Crippen molar-refractivity contribution in [1.29, 1.82) is 0 Å². The van der Waals surface area contributed by atoms with Crippen molar-refractivity contribution in [2.75, 3.05) is 10.6 Å². The Kier molecular flexibility index (Phi) is 5.83. The lowest BCUT2D eigenvalue weighted by Gasteiger charge is -2.11. The molecule has 0 aliphatic heterocycles. The molecular weight excluding hydrogens is 437 g/mol. The van der Waals surface area contributed by atoms with E-state index >= 15 is 0 Å². The fourth-order valence-electron chi connectivity index (χ4n) is 3.00. The van der Waals surface area contributed by atoms with E-state index in [4.69, 9.17) is 5.14 Å². The van der Waals surface area contributed by atoms with Crippen LogP contribution in [0.5, 0.6) is 0 Å². The summed E-state index contributed by atoms with van der Waals surface area (Å²) in [5.41, 5.74) is 2.89. The number of primary sulfonamides is 1. The van der Waals surface area contributed by atoms with Gasteiger partial charge in [-0.15, -0.1) is 0 Å². The highest BCUT2D eigenvalue weighted by Crippen LogP contribution is 2.21. The summed E-state index contributed by atoms with van der Waals surface area (Å²) in [5.74, 6) is -0.930. The topological polar surface area (TPSA) is 146 Å². The number of halogens is 1. The number of anilines is 3. The van der Waals surface area contributed by atoms with Crippen LogP contribution < -0.4 is 15.8 Å². The number of imidazole rings is 1. The molecule has 0 saturated carbocycles. The van der Waals surface area contributed by atoms with Crippen molar-refractivity contribution in [2.45, 2.75) is 12.4 Å². The van der Waals surface area contributed by atoms with E-state index in [1.165, 1.54) is 17.0 Å². The lowest BCUT2D eigenvalue weighted by atomic mass is 10.1. The maximum atomic E-state index is 14.3. The van der Waals surface area contributed by atoms with Gasteiger partial charge < -0.3 is 9.88 Å². The third kappa shape index (κ3) is 5.25. The van der Waals surface area contributed by atoms with Crippen molar-refractivity contribution in [3.05, 3.63) is 66.6 Å². The van der Waals surface area contributed by atoms with E-state index in [-0.39, 0.29) is 17.7 Å². The molecule has 4 N–H and O–H groups in total. The molecule has 11 nitrogen and oxygen atoms in total. The van der Waals surface area contributed by atoms with E-state index in [0.29, 0.717) is 6.54 Å². The SMILES string of the molecule is Cn1cc(-c2cccc(CNc3nc(Nc4nccn4CS(N)(=O)=O)ncc3F)c2)cn1. The van der Waals surface area contributed by atoms with Crippen LogP contribution in [0.2, 0.25) is 0 Å². The predicted molar refractivity (Wildman–Crippen MR) is 117 cm³/mol. The molecule has 13 heteroatoms. The van der Waals surface area contributed by atoms with Gasteiger partial charge in [0.2, 0.25) is 21.9 Å². The monoisotopic (exact) mass is 457 g/mol. The van der Waals surface area contributed by atoms with Gasteiger partial charge in [-0.05, 0) is 17.2 Å². The van der Waals surface area contributed by atoms with Gasteiger partial charge in [-0.1, -0.05) is 18.2 Å². The highest BCUT2D eigenvalue weighted by Gasteiger charge is 2.13. The van der Waals surface area contributed by atoms with Crippen LogP contribution in [0, 0.1) is 5.82 Å². The summed E-state index contributed by atoms with van der Waals surface area (Å²) in [4.78, 5) is 12.0. The highest BCUT2D eigenvalue weighted by atomic mass is 32.2. The summed E-state index contributed by atoms with van der Waals surface area (Å²) >= 11 is 0. The van der Waals surface area contributed by atoms with E-state index in [9.17, 15) is 12.8 Å². The normalized spacial score (nSPS) is 11.5. The Morgan fingerprint density at radius 1 is 1.19 bits per heavy atom. The van der Waals surface area contributed by atoms with Crippen molar-refractivity contribution < 1.29 is 12.8 Å². The van der Waals surface area contributed by atoms with Gasteiger partial charge in [0, 0.05) is 37.7 Å². The minimum absolute atomic E-state index is 0.0150. The average molecular weight is 457 g/mol. The molecule has 0 spiro atoms. The Balaban J connectivity index is 1.48. The van der Waals surface area contributed by atoms with Crippen LogP contribution >= 0.6 is 0 Å². The van der Waals surface area contributed by atoms with Gasteiger partial charge in [-0.2, -0.15) is 10.1 Å². The first-order chi connectivity index (χ1) is 15.3. The van der Waals surface area contributed by atoms with E-state index in [2.05, 4.69) is 30.7 Å². The van der Waals surface area contributed by atoms with Crippen LogP contribution in [0.3, 0.4) is 0 Å². The molecule has 3 aromatic heterocycles. The number of nitrogens with zero attached hydrogens (tertiary/aromatic N) is 6. The molecule has 0 amide bonds. The highest BCUT2D eigenvalue weighted by molar-refractivity contribution is 7.88. The summed E-state index contributed by atoms with van der Waals surface area (Å²) in [6.07, 6.45) is 7.52. The number of rotatable bonds is 8. The fourth-order valence-corrected chi connectivity index (χ4v) is 3.60. The summed E-state index contributed by atoms with van der Waals surface area (Å²) in [6, 6.07) is 7.77. The first-order valence-corrected chi connectivity index (χ1v) is 11.1. The van der Waals surface area contributed by atoms with E-state index < -0.39 is 21.7 Å². The number of hydrogen-bond donors (Lipinski definition) is 3. The second kappa shape index (κ2) is 8.72. The van der Waals surface area contributed by atoms with Gasteiger partial charge in [0.25, 0.3) is 0 Å². The second-order valence-corrected chi connectivity index (χ2v) is 8.57. The van der Waals surface area contributed by atoms with Crippen LogP contribution in [0.4, 0.5) is 22.1 Å². The Labute approximate surface area is 183 Å². The zero-order valence-electron chi connectivity index (χ0n) is 17.0. The maximum Gasteiger partial charge on any atom is 0.231 e. The molecule has 4 rings (SSSR count). The molecule has 0 bridgehead atoms. The van der Waals surface area contributed by atoms with Gasteiger partial charge in [0.15, 0.2) is 11.6 Å². The summed E-state index contributed by atoms with van der Waals surface area (Å²) in [6.45, 7) is 0.321. The summed E-state index contributed by atoms with van der Waals surface area (Å²) in [5, 5.41) is 15.0. The number of aryl methyl sites for hydroxylation is 1. The van der Waals surface area contributed by atoms with Crippen molar-refractivity contribution in [1.82, 2.24) is 29.3 Å². The number of benzene rings is 1. The standard InChI is InChI=1S/C19H20FN9O2S/c1-28-11-15(9-25-28)14-4-2-3-13(7-14)8-23-17-16(20)10-24-18(26-17)27-19-22-5-6-29(19)12-32(21,30)31/h2-7,9-11H,8,12H2,1H3,(H2,21,30,31)(H2,22,23,24,26,27). The molecule has 0 atom stereocenters. The van der Waals surface area contributed by atoms with Crippen LogP contribution in [0.1, 0.15) is 5.56 Å². The molecule has 0 unspecified atom stereocenters. The number of nitrogens with two attached hydrogens (primary N) is 1. The van der Waals surface area contributed by atoms with Gasteiger partial charge in [0.05, 0.1) is 12.4 Å². The van der Waals surface area contributed by atoms with E-state index in [1.807, 2.05) is 37.5 Å². The Morgan fingerprint density at radius 2 is 2.03 bits per heavy atom. The lowest BCUT2D eigenvalue weighted by Crippen LogP contribution is -2.20. The number of aromatic nitrogens is 6. The minimum atomic E-state index is -3.77. The first-order valence-electron chi connectivity index (χ1n) is 9.40. The molecule has 0 aliphatic carbocycles. The second-order valence-electron chi connectivity index (χ2n) is 6.98. The third-order valence-corrected chi connectivity index (χ3v) is 5.07. The molecule has 4 aromatic rings. The van der Waals surface area contributed by atoms with E-state index in [1.54, 1.807) is 10.9 Å². The number of nitrogens with one attached hydrogen (secondary N) is 2. The maximum absolute atomic E-state index is 14.3. The Hall–Kier alpha value is -3.84. The molecule has 3 heterocycles. The van der Waals surface area contributed by atoms with Gasteiger partial charge in [-0.3, -0.25) is 10.00 Å². The Morgan fingerprint density at radius 3 is 2.78 bits per heavy atom. The van der Waals surface area contributed by atoms with Crippen molar-refractivity contribution in [2.24, 2.45) is 12.2 Å². The molecule has 1 aromatic carbocycles. The van der Waals surface area contributed by atoms with Gasteiger partial charge in [-0.25, -0.2) is 27.9 Å². The van der Waals surface area contributed by atoms with Crippen molar-refractivity contribution in [3.63, 3.8) is 0 Å².